The van der Waals surface area contributed by atoms with Gasteiger partial charge in [0.1, 0.15) is 0 Å². The molecule has 0 saturated carbocycles. The van der Waals surface area contributed by atoms with Crippen LogP contribution in [-0.4, -0.2) is 48.6 Å². The van der Waals surface area contributed by atoms with Gasteiger partial charge in [-0.05, 0) is 65.8 Å². The van der Waals surface area contributed by atoms with Crippen LogP contribution in [-0.2, 0) is 6.42 Å². The number of benzene rings is 2. The van der Waals surface area contributed by atoms with Crippen LogP contribution >= 0.6 is 12.4 Å². The molecule has 30 heavy (non-hydrogen) atoms. The van der Waals surface area contributed by atoms with Crippen molar-refractivity contribution in [2.24, 2.45) is 5.92 Å². The lowest BCUT2D eigenvalue weighted by Gasteiger charge is -2.36. The zero-order valence-electron chi connectivity index (χ0n) is 18.1. The number of ether oxygens (including phenoxy) is 5. The van der Waals surface area contributed by atoms with Crippen LogP contribution in [0.3, 0.4) is 0 Å². The molecule has 1 saturated heterocycles. The SMILES string of the molecule is COc1cc2c(cc1OC)C1CNCC1C(c1cc(OC)c(OC)c(OC)c1)C2.Cl. The molecule has 2 aromatic carbocycles. The molecule has 3 atom stereocenters. The molecule has 1 heterocycles. The summed E-state index contributed by atoms with van der Waals surface area (Å²) in [6.45, 7) is 1.95. The molecule has 4 rings (SSSR count). The summed E-state index contributed by atoms with van der Waals surface area (Å²) in [6, 6.07) is 8.47. The van der Waals surface area contributed by atoms with Crippen molar-refractivity contribution in [1.82, 2.24) is 5.32 Å². The average molecular weight is 436 g/mol. The second kappa shape index (κ2) is 9.23. The van der Waals surface area contributed by atoms with Crippen molar-refractivity contribution in [1.29, 1.82) is 0 Å². The Bertz CT molecular complexity index is 878. The molecule has 2 aliphatic rings. The minimum Gasteiger partial charge on any atom is -0.493 e. The first kappa shape index (κ1) is 22.4. The van der Waals surface area contributed by atoms with Crippen molar-refractivity contribution in [2.75, 3.05) is 48.6 Å². The Morgan fingerprint density at radius 3 is 1.87 bits per heavy atom. The van der Waals surface area contributed by atoms with Gasteiger partial charge in [-0.3, -0.25) is 0 Å². The lowest BCUT2D eigenvalue weighted by atomic mass is 9.68. The van der Waals surface area contributed by atoms with Crippen LogP contribution in [0.1, 0.15) is 28.5 Å². The fourth-order valence-electron chi connectivity index (χ4n) is 4.99. The summed E-state index contributed by atoms with van der Waals surface area (Å²) in [5, 5.41) is 3.59. The standard InChI is InChI=1S/C23H29NO5.ClH/c1-25-19-7-13-6-15(14-8-21(27-3)23(29-5)22(9-14)28-4)17-11-24-12-18(17)16(13)10-20(19)26-2;/h7-10,15,17-18,24H,6,11-12H2,1-5H3;1H. The number of hydrogen-bond donors (Lipinski definition) is 1. The summed E-state index contributed by atoms with van der Waals surface area (Å²) in [6.07, 6.45) is 0.928. The topological polar surface area (TPSA) is 58.2 Å². The Labute approximate surface area is 184 Å². The highest BCUT2D eigenvalue weighted by atomic mass is 35.5. The Hall–Kier alpha value is -2.31. The fourth-order valence-corrected chi connectivity index (χ4v) is 4.99. The van der Waals surface area contributed by atoms with Gasteiger partial charge in [0.05, 0.1) is 35.5 Å². The maximum absolute atomic E-state index is 5.60. The van der Waals surface area contributed by atoms with E-state index in [-0.39, 0.29) is 12.4 Å². The van der Waals surface area contributed by atoms with Gasteiger partial charge in [0, 0.05) is 12.5 Å². The highest BCUT2D eigenvalue weighted by Gasteiger charge is 2.41. The maximum atomic E-state index is 5.60. The van der Waals surface area contributed by atoms with Crippen LogP contribution in [0.25, 0.3) is 0 Å². The zero-order chi connectivity index (χ0) is 20.5. The van der Waals surface area contributed by atoms with E-state index in [0.717, 1.165) is 31.0 Å². The summed E-state index contributed by atoms with van der Waals surface area (Å²) in [5.41, 5.74) is 3.88. The Morgan fingerprint density at radius 1 is 0.700 bits per heavy atom. The minimum absolute atomic E-state index is 0. The van der Waals surface area contributed by atoms with Crippen LogP contribution in [0.4, 0.5) is 0 Å². The first-order valence-corrected chi connectivity index (χ1v) is 9.90. The number of halogens is 1. The lowest BCUT2D eigenvalue weighted by molar-refractivity contribution is 0.320. The molecule has 2 aromatic rings. The quantitative estimate of drug-likeness (QED) is 0.744. The number of methoxy groups -OCH3 is 5. The number of rotatable bonds is 6. The van der Waals surface area contributed by atoms with Crippen molar-refractivity contribution >= 4 is 12.4 Å². The average Bonchev–Trinajstić information content (AvgIpc) is 3.26. The van der Waals surface area contributed by atoms with Crippen LogP contribution in [0.2, 0.25) is 0 Å². The number of nitrogens with one attached hydrogen (secondary N) is 1. The molecule has 3 unspecified atom stereocenters. The van der Waals surface area contributed by atoms with E-state index in [4.69, 9.17) is 23.7 Å². The number of fused-ring (bicyclic) bond motifs is 3. The van der Waals surface area contributed by atoms with Gasteiger partial charge in [0.25, 0.3) is 0 Å². The molecular weight excluding hydrogens is 406 g/mol. The van der Waals surface area contributed by atoms with Crippen LogP contribution < -0.4 is 29.0 Å². The molecule has 0 bridgehead atoms. The van der Waals surface area contributed by atoms with E-state index in [1.54, 1.807) is 35.5 Å². The number of hydrogen-bond acceptors (Lipinski definition) is 6. The molecule has 164 valence electrons. The second-order valence-electron chi connectivity index (χ2n) is 7.60. The molecule has 6 nitrogen and oxygen atoms in total. The summed E-state index contributed by atoms with van der Waals surface area (Å²) in [7, 11) is 8.33. The summed E-state index contributed by atoms with van der Waals surface area (Å²) >= 11 is 0. The second-order valence-corrected chi connectivity index (χ2v) is 7.60. The Balaban J connectivity index is 0.00000256. The van der Waals surface area contributed by atoms with E-state index >= 15 is 0 Å². The van der Waals surface area contributed by atoms with Crippen molar-refractivity contribution in [3.05, 3.63) is 41.0 Å². The third-order valence-electron chi connectivity index (χ3n) is 6.38. The molecular formula is C23H30ClNO5. The van der Waals surface area contributed by atoms with E-state index in [2.05, 4.69) is 29.6 Å². The molecule has 1 aliphatic carbocycles. The van der Waals surface area contributed by atoms with Gasteiger partial charge in [-0.1, -0.05) is 0 Å². The molecule has 1 fully saturated rings. The first-order chi connectivity index (χ1) is 14.1. The molecule has 1 aliphatic heterocycles. The third kappa shape index (κ3) is 3.63. The molecule has 7 heteroatoms. The summed E-state index contributed by atoms with van der Waals surface area (Å²) in [4.78, 5) is 0. The van der Waals surface area contributed by atoms with Gasteiger partial charge >= 0.3 is 0 Å². The predicted molar refractivity (Wildman–Crippen MR) is 118 cm³/mol. The van der Waals surface area contributed by atoms with Crippen LogP contribution in [0.5, 0.6) is 28.7 Å². The Kier molecular flexibility index (Phi) is 6.88. The molecule has 1 N–H and O–H groups in total. The van der Waals surface area contributed by atoms with E-state index in [9.17, 15) is 0 Å². The third-order valence-corrected chi connectivity index (χ3v) is 6.38. The monoisotopic (exact) mass is 435 g/mol. The van der Waals surface area contributed by atoms with E-state index < -0.39 is 0 Å². The lowest BCUT2D eigenvalue weighted by Crippen LogP contribution is -2.27. The van der Waals surface area contributed by atoms with Gasteiger partial charge in [-0.25, -0.2) is 0 Å². The predicted octanol–water partition coefficient (Wildman–Crippen LogP) is 3.79. The largest absolute Gasteiger partial charge is 0.493 e. The van der Waals surface area contributed by atoms with Crippen LogP contribution in [0, 0.1) is 5.92 Å². The maximum Gasteiger partial charge on any atom is 0.203 e. The smallest absolute Gasteiger partial charge is 0.203 e. The van der Waals surface area contributed by atoms with Gasteiger partial charge in [-0.2, -0.15) is 0 Å². The van der Waals surface area contributed by atoms with Gasteiger partial charge in [-0.15, -0.1) is 12.4 Å². The molecule has 0 spiro atoms. The van der Waals surface area contributed by atoms with Crippen molar-refractivity contribution in [3.63, 3.8) is 0 Å². The van der Waals surface area contributed by atoms with Gasteiger partial charge < -0.3 is 29.0 Å². The van der Waals surface area contributed by atoms with Crippen LogP contribution in [0.15, 0.2) is 24.3 Å². The molecule has 0 radical (unpaired) electrons. The van der Waals surface area contributed by atoms with E-state index in [1.807, 2.05) is 0 Å². The zero-order valence-corrected chi connectivity index (χ0v) is 18.9. The van der Waals surface area contributed by atoms with E-state index in [1.165, 1.54) is 16.7 Å². The fraction of sp³-hybridized carbons (Fsp3) is 0.478. The van der Waals surface area contributed by atoms with Crippen molar-refractivity contribution in [3.8, 4) is 28.7 Å². The van der Waals surface area contributed by atoms with Gasteiger partial charge in [0.2, 0.25) is 5.75 Å². The Morgan fingerprint density at radius 2 is 1.30 bits per heavy atom. The minimum atomic E-state index is 0. The summed E-state index contributed by atoms with van der Waals surface area (Å²) < 4.78 is 27.8. The van der Waals surface area contributed by atoms with Crippen molar-refractivity contribution < 1.29 is 23.7 Å². The highest BCUT2D eigenvalue weighted by molar-refractivity contribution is 5.85. The van der Waals surface area contributed by atoms with Crippen molar-refractivity contribution in [2.45, 2.75) is 18.3 Å². The van der Waals surface area contributed by atoms with E-state index in [0.29, 0.717) is 35.0 Å². The normalized spacial score (nSPS) is 21.7. The first-order valence-electron chi connectivity index (χ1n) is 9.90. The highest BCUT2D eigenvalue weighted by Crippen LogP contribution is 2.51. The summed E-state index contributed by atoms with van der Waals surface area (Å²) in [5.74, 6) is 4.86. The van der Waals surface area contributed by atoms with Gasteiger partial charge in [0.15, 0.2) is 23.0 Å². The molecule has 0 aromatic heterocycles. The molecule has 0 amide bonds.